The average molecular weight is 459 g/mol. The Labute approximate surface area is 196 Å². The second-order valence-electron chi connectivity index (χ2n) is 9.18. The predicted octanol–water partition coefficient (Wildman–Crippen LogP) is 3.53. The van der Waals surface area contributed by atoms with E-state index in [2.05, 4.69) is 10.3 Å². The van der Waals surface area contributed by atoms with Crippen molar-refractivity contribution >= 4 is 34.4 Å². The van der Waals surface area contributed by atoms with Crippen LogP contribution in [-0.2, 0) is 16.0 Å². The fraction of sp³-hybridized carbons (Fsp3) is 0.346. The summed E-state index contributed by atoms with van der Waals surface area (Å²) in [5, 5.41) is 3.98. The van der Waals surface area contributed by atoms with Crippen molar-refractivity contribution < 1.29 is 19.1 Å². The number of carbonyl (C=O) groups excluding carboxylic acids is 3. The standard InChI is InChI=1S/C26H26N4O4/c1-15-23-19(17-8-2-4-10-20(17)28-23)13-22-25(32)30(26(33)29(15)22)21-11-5-3-9-18(21)24(31)27-14-16-7-6-12-34-16/h2-5,8-11,15-16,22,28H,6-7,12-14H2,1H3,(H,27,31)/t15-,16+,22-/m0/s1. The number of aromatic nitrogens is 1. The van der Waals surface area contributed by atoms with Gasteiger partial charge in [-0.2, -0.15) is 0 Å². The Morgan fingerprint density at radius 1 is 1.15 bits per heavy atom. The molecule has 0 unspecified atom stereocenters. The van der Waals surface area contributed by atoms with Gasteiger partial charge in [-0.3, -0.25) is 9.59 Å². The number of imide groups is 1. The molecule has 0 aliphatic carbocycles. The third kappa shape index (κ3) is 3.13. The molecule has 2 aromatic carbocycles. The molecule has 6 rings (SSSR count). The summed E-state index contributed by atoms with van der Waals surface area (Å²) in [6.07, 6.45) is 2.34. The number of hydrogen-bond donors (Lipinski definition) is 2. The van der Waals surface area contributed by atoms with Crippen LogP contribution in [0.4, 0.5) is 10.5 Å². The van der Waals surface area contributed by atoms with Gasteiger partial charge < -0.3 is 19.9 Å². The minimum absolute atomic E-state index is 0.00447. The molecule has 3 aliphatic heterocycles. The van der Waals surface area contributed by atoms with E-state index in [1.165, 1.54) is 4.90 Å². The van der Waals surface area contributed by atoms with Crippen molar-refractivity contribution in [3.05, 3.63) is 65.4 Å². The second-order valence-corrected chi connectivity index (χ2v) is 9.18. The largest absolute Gasteiger partial charge is 0.376 e. The summed E-state index contributed by atoms with van der Waals surface area (Å²) in [7, 11) is 0. The fourth-order valence-corrected chi connectivity index (χ4v) is 5.55. The number of hydrogen-bond acceptors (Lipinski definition) is 4. The Kier molecular flexibility index (Phi) is 4.91. The molecule has 4 heterocycles. The number of fused-ring (bicyclic) bond motifs is 4. The number of ether oxygens (including phenoxy) is 1. The van der Waals surface area contributed by atoms with E-state index in [4.69, 9.17) is 4.74 Å². The first-order valence-electron chi connectivity index (χ1n) is 11.8. The maximum atomic E-state index is 13.6. The first-order valence-corrected chi connectivity index (χ1v) is 11.8. The summed E-state index contributed by atoms with van der Waals surface area (Å²) in [5.41, 5.74) is 3.67. The van der Waals surface area contributed by atoms with Gasteiger partial charge in [-0.1, -0.05) is 30.3 Å². The van der Waals surface area contributed by atoms with Gasteiger partial charge in [0.15, 0.2) is 0 Å². The third-order valence-corrected chi connectivity index (χ3v) is 7.24. The lowest BCUT2D eigenvalue weighted by Crippen LogP contribution is -2.42. The molecule has 3 atom stereocenters. The van der Waals surface area contributed by atoms with E-state index in [0.29, 0.717) is 30.8 Å². The zero-order chi connectivity index (χ0) is 23.4. The Balaban J connectivity index is 1.31. The number of amides is 4. The number of urea groups is 1. The molecule has 2 fully saturated rings. The zero-order valence-corrected chi connectivity index (χ0v) is 18.9. The van der Waals surface area contributed by atoms with E-state index in [-0.39, 0.29) is 24.0 Å². The van der Waals surface area contributed by atoms with E-state index in [1.807, 2.05) is 31.2 Å². The predicted molar refractivity (Wildman–Crippen MR) is 127 cm³/mol. The summed E-state index contributed by atoms with van der Waals surface area (Å²) < 4.78 is 5.59. The highest BCUT2D eigenvalue weighted by molar-refractivity contribution is 6.24. The molecule has 3 aromatic rings. The van der Waals surface area contributed by atoms with Crippen molar-refractivity contribution in [3.8, 4) is 0 Å². The molecule has 8 heteroatoms. The number of para-hydroxylation sites is 2. The van der Waals surface area contributed by atoms with E-state index >= 15 is 0 Å². The summed E-state index contributed by atoms with van der Waals surface area (Å²) in [4.78, 5) is 46.5. The summed E-state index contributed by atoms with van der Waals surface area (Å²) in [6.45, 7) is 3.05. The third-order valence-electron chi connectivity index (χ3n) is 7.24. The van der Waals surface area contributed by atoms with Gasteiger partial charge in [-0.25, -0.2) is 9.69 Å². The first-order chi connectivity index (χ1) is 16.5. The highest BCUT2D eigenvalue weighted by Crippen LogP contribution is 2.42. The zero-order valence-electron chi connectivity index (χ0n) is 18.9. The monoisotopic (exact) mass is 458 g/mol. The molecule has 1 aromatic heterocycles. The smallest absolute Gasteiger partial charge is 0.332 e. The highest BCUT2D eigenvalue weighted by Gasteiger charge is 2.52. The van der Waals surface area contributed by atoms with E-state index in [1.54, 1.807) is 29.2 Å². The maximum Gasteiger partial charge on any atom is 0.332 e. The van der Waals surface area contributed by atoms with Gasteiger partial charge >= 0.3 is 6.03 Å². The lowest BCUT2D eigenvalue weighted by atomic mass is 9.93. The van der Waals surface area contributed by atoms with Crippen LogP contribution in [-0.4, -0.2) is 53.0 Å². The minimum Gasteiger partial charge on any atom is -0.376 e. The van der Waals surface area contributed by atoms with Gasteiger partial charge in [0.25, 0.3) is 11.8 Å². The summed E-state index contributed by atoms with van der Waals surface area (Å²) in [6, 6.07) is 13.5. The van der Waals surface area contributed by atoms with Crippen LogP contribution < -0.4 is 10.2 Å². The molecule has 0 bridgehead atoms. The molecule has 3 aliphatic rings. The Morgan fingerprint density at radius 2 is 1.94 bits per heavy atom. The van der Waals surface area contributed by atoms with Gasteiger partial charge in [-0.15, -0.1) is 0 Å². The van der Waals surface area contributed by atoms with Crippen LogP contribution >= 0.6 is 0 Å². The maximum absolute atomic E-state index is 13.6. The van der Waals surface area contributed by atoms with Crippen LogP contribution in [0.25, 0.3) is 10.9 Å². The van der Waals surface area contributed by atoms with Crippen LogP contribution in [0.1, 0.15) is 47.4 Å². The summed E-state index contributed by atoms with van der Waals surface area (Å²) >= 11 is 0. The van der Waals surface area contributed by atoms with Crippen molar-refractivity contribution in [3.63, 3.8) is 0 Å². The number of nitrogens with zero attached hydrogens (tertiary/aromatic N) is 2. The quantitative estimate of drug-likeness (QED) is 0.585. The van der Waals surface area contributed by atoms with Crippen LogP contribution in [0.15, 0.2) is 48.5 Å². The molecule has 34 heavy (non-hydrogen) atoms. The molecule has 174 valence electrons. The van der Waals surface area contributed by atoms with E-state index < -0.39 is 12.1 Å². The van der Waals surface area contributed by atoms with E-state index in [9.17, 15) is 14.4 Å². The fourth-order valence-electron chi connectivity index (χ4n) is 5.55. The normalized spacial score (nSPS) is 24.0. The van der Waals surface area contributed by atoms with Crippen LogP contribution in [0.5, 0.6) is 0 Å². The number of benzene rings is 2. The molecule has 2 N–H and O–H groups in total. The number of carbonyl (C=O) groups is 3. The topological polar surface area (TPSA) is 94.7 Å². The van der Waals surface area contributed by atoms with Gasteiger partial charge in [-0.05, 0) is 43.5 Å². The van der Waals surface area contributed by atoms with Crippen molar-refractivity contribution in [2.75, 3.05) is 18.1 Å². The second kappa shape index (κ2) is 7.99. The Bertz CT molecular complexity index is 1310. The van der Waals surface area contributed by atoms with Crippen LogP contribution in [0.3, 0.4) is 0 Å². The van der Waals surface area contributed by atoms with Crippen molar-refractivity contribution in [2.45, 2.75) is 44.4 Å². The van der Waals surface area contributed by atoms with Gasteiger partial charge in [0.1, 0.15) is 6.04 Å². The van der Waals surface area contributed by atoms with Gasteiger partial charge in [0.2, 0.25) is 0 Å². The van der Waals surface area contributed by atoms with Crippen LogP contribution in [0, 0.1) is 0 Å². The van der Waals surface area contributed by atoms with Gasteiger partial charge in [0.05, 0.1) is 23.4 Å². The van der Waals surface area contributed by atoms with Crippen LogP contribution in [0.2, 0.25) is 0 Å². The lowest BCUT2D eigenvalue weighted by molar-refractivity contribution is -0.120. The lowest BCUT2D eigenvalue weighted by Gasteiger charge is -2.33. The molecule has 0 saturated carbocycles. The first kappa shape index (κ1) is 20.9. The number of nitrogens with one attached hydrogen (secondary N) is 2. The molecule has 0 spiro atoms. The summed E-state index contributed by atoms with van der Waals surface area (Å²) in [5.74, 6) is -0.618. The van der Waals surface area contributed by atoms with Crippen molar-refractivity contribution in [1.82, 2.24) is 15.2 Å². The van der Waals surface area contributed by atoms with Crippen molar-refractivity contribution in [1.29, 1.82) is 0 Å². The minimum atomic E-state index is -0.600. The average Bonchev–Trinajstić information content (AvgIpc) is 3.56. The molecule has 4 amide bonds. The molecular formula is C26H26N4O4. The molecule has 2 saturated heterocycles. The number of rotatable bonds is 4. The van der Waals surface area contributed by atoms with Gasteiger partial charge in [0, 0.05) is 36.2 Å². The van der Waals surface area contributed by atoms with E-state index in [0.717, 1.165) is 35.0 Å². The molecule has 8 nitrogen and oxygen atoms in total. The molecular weight excluding hydrogens is 432 g/mol. The number of anilines is 1. The van der Waals surface area contributed by atoms with Crippen molar-refractivity contribution in [2.24, 2.45) is 0 Å². The Morgan fingerprint density at radius 3 is 2.76 bits per heavy atom. The molecule has 0 radical (unpaired) electrons. The highest BCUT2D eigenvalue weighted by atomic mass is 16.5. The SMILES string of the molecule is C[C@H]1c2[nH]c3ccccc3c2C[C@H]2C(=O)N(c3ccccc3C(=O)NC[C@H]3CCCO3)C(=O)N21. The number of H-pyrrole nitrogens is 1. The number of aromatic amines is 1. The Hall–Kier alpha value is -3.65.